The predicted octanol–water partition coefficient (Wildman–Crippen LogP) is 1.08. The van der Waals surface area contributed by atoms with Crippen molar-refractivity contribution >= 4 is 5.91 Å². The summed E-state index contributed by atoms with van der Waals surface area (Å²) in [5.41, 5.74) is 0.808. The summed E-state index contributed by atoms with van der Waals surface area (Å²) in [5.74, 6) is -0.189. The van der Waals surface area contributed by atoms with Crippen molar-refractivity contribution in [2.24, 2.45) is 0 Å². The van der Waals surface area contributed by atoms with E-state index in [0.717, 1.165) is 5.56 Å². The monoisotopic (exact) mass is 284 g/mol. The zero-order chi connectivity index (χ0) is 14.8. The summed E-state index contributed by atoms with van der Waals surface area (Å²) in [6, 6.07) is 4.79. The highest BCUT2D eigenvalue weighted by Crippen LogP contribution is 2.17. The maximum atomic E-state index is 13.4. The number of rotatable bonds is 9. The third kappa shape index (κ3) is 5.99. The Kier molecular flexibility index (Phi) is 7.60. The Hall–Kier alpha value is -1.66. The lowest BCUT2D eigenvalue weighted by molar-refractivity contribution is -0.121. The molecule has 112 valence electrons. The van der Waals surface area contributed by atoms with Gasteiger partial charge in [-0.3, -0.25) is 4.79 Å². The number of ether oxygens (including phenoxy) is 2. The van der Waals surface area contributed by atoms with E-state index in [9.17, 15) is 9.18 Å². The van der Waals surface area contributed by atoms with Crippen LogP contribution in [0.1, 0.15) is 12.0 Å². The van der Waals surface area contributed by atoms with Crippen molar-refractivity contribution in [1.29, 1.82) is 0 Å². The minimum atomic E-state index is -0.385. The third-order valence-electron chi connectivity index (χ3n) is 2.70. The van der Waals surface area contributed by atoms with Gasteiger partial charge in [0.15, 0.2) is 11.6 Å². The molecular formula is C14H21FN2O3. The third-order valence-corrected chi connectivity index (χ3v) is 2.70. The molecule has 2 N–H and O–H groups in total. The highest BCUT2D eigenvalue weighted by Gasteiger charge is 2.04. The molecule has 1 aromatic carbocycles. The van der Waals surface area contributed by atoms with Gasteiger partial charge in [0.05, 0.1) is 13.7 Å². The number of carbonyl (C=O) groups is 1. The number of hydrogen-bond donors (Lipinski definition) is 2. The predicted molar refractivity (Wildman–Crippen MR) is 74.2 cm³/mol. The van der Waals surface area contributed by atoms with E-state index in [1.165, 1.54) is 13.2 Å². The Balaban J connectivity index is 2.21. The highest BCUT2D eigenvalue weighted by atomic mass is 19.1. The van der Waals surface area contributed by atoms with E-state index in [-0.39, 0.29) is 17.5 Å². The Morgan fingerprint density at radius 2 is 2.10 bits per heavy atom. The van der Waals surface area contributed by atoms with E-state index in [1.807, 2.05) is 0 Å². The molecule has 0 aromatic heterocycles. The standard InChI is InChI=1S/C14H21FN2O3/c1-19-8-7-17-14(18)5-6-16-10-11-3-4-13(20-2)12(15)9-11/h3-4,9,16H,5-8,10H2,1-2H3,(H,17,18). The van der Waals surface area contributed by atoms with Crippen LogP contribution in [0.5, 0.6) is 5.75 Å². The second-order valence-electron chi connectivity index (χ2n) is 4.24. The van der Waals surface area contributed by atoms with Crippen LogP contribution in [-0.2, 0) is 16.1 Å². The number of hydrogen-bond acceptors (Lipinski definition) is 4. The molecule has 0 fully saturated rings. The second kappa shape index (κ2) is 9.28. The average molecular weight is 284 g/mol. The fraction of sp³-hybridized carbons (Fsp3) is 0.500. The summed E-state index contributed by atoms with van der Waals surface area (Å²) in [6.07, 6.45) is 0.377. The zero-order valence-corrected chi connectivity index (χ0v) is 11.9. The van der Waals surface area contributed by atoms with Gasteiger partial charge in [-0.25, -0.2) is 4.39 Å². The van der Waals surface area contributed by atoms with E-state index in [4.69, 9.17) is 9.47 Å². The molecule has 0 aliphatic carbocycles. The summed E-state index contributed by atoms with van der Waals surface area (Å²) >= 11 is 0. The molecule has 0 spiro atoms. The first-order chi connectivity index (χ1) is 9.67. The largest absolute Gasteiger partial charge is 0.494 e. The normalized spacial score (nSPS) is 10.3. The summed E-state index contributed by atoms with van der Waals surface area (Å²) < 4.78 is 23.1. The van der Waals surface area contributed by atoms with Crippen molar-refractivity contribution < 1.29 is 18.7 Å². The van der Waals surface area contributed by atoms with Crippen LogP contribution in [0.3, 0.4) is 0 Å². The van der Waals surface area contributed by atoms with Gasteiger partial charge in [0.1, 0.15) is 0 Å². The van der Waals surface area contributed by atoms with Gasteiger partial charge in [0, 0.05) is 33.2 Å². The molecule has 0 aliphatic heterocycles. The molecule has 0 heterocycles. The van der Waals surface area contributed by atoms with E-state index in [0.29, 0.717) is 32.7 Å². The fourth-order valence-corrected chi connectivity index (χ4v) is 1.64. The van der Waals surface area contributed by atoms with Gasteiger partial charge < -0.3 is 20.1 Å². The molecular weight excluding hydrogens is 263 g/mol. The van der Waals surface area contributed by atoms with Crippen molar-refractivity contribution in [3.05, 3.63) is 29.6 Å². The van der Waals surface area contributed by atoms with Crippen molar-refractivity contribution in [2.75, 3.05) is 33.9 Å². The Morgan fingerprint density at radius 1 is 1.30 bits per heavy atom. The van der Waals surface area contributed by atoms with Crippen LogP contribution in [0.4, 0.5) is 4.39 Å². The van der Waals surface area contributed by atoms with E-state index < -0.39 is 0 Å². The number of carbonyl (C=O) groups excluding carboxylic acids is 1. The molecule has 0 saturated carbocycles. The Morgan fingerprint density at radius 3 is 2.75 bits per heavy atom. The summed E-state index contributed by atoms with van der Waals surface area (Å²) in [5, 5.41) is 5.81. The molecule has 0 bridgehead atoms. The number of halogens is 1. The second-order valence-corrected chi connectivity index (χ2v) is 4.24. The average Bonchev–Trinajstić information content (AvgIpc) is 2.44. The molecule has 20 heavy (non-hydrogen) atoms. The maximum Gasteiger partial charge on any atom is 0.221 e. The summed E-state index contributed by atoms with van der Waals surface area (Å²) in [4.78, 5) is 11.4. The van der Waals surface area contributed by atoms with Gasteiger partial charge in [-0.05, 0) is 17.7 Å². The Bertz CT molecular complexity index is 427. The number of benzene rings is 1. The van der Waals surface area contributed by atoms with Crippen LogP contribution in [-0.4, -0.2) is 39.8 Å². The van der Waals surface area contributed by atoms with Crippen LogP contribution >= 0.6 is 0 Å². The first-order valence-electron chi connectivity index (χ1n) is 6.46. The van der Waals surface area contributed by atoms with Crippen molar-refractivity contribution in [1.82, 2.24) is 10.6 Å². The van der Waals surface area contributed by atoms with Crippen LogP contribution in [0, 0.1) is 5.82 Å². The first-order valence-corrected chi connectivity index (χ1v) is 6.46. The number of methoxy groups -OCH3 is 2. The van der Waals surface area contributed by atoms with E-state index >= 15 is 0 Å². The fourth-order valence-electron chi connectivity index (χ4n) is 1.64. The quantitative estimate of drug-likeness (QED) is 0.666. The van der Waals surface area contributed by atoms with Crippen molar-refractivity contribution in [2.45, 2.75) is 13.0 Å². The summed E-state index contributed by atoms with van der Waals surface area (Å²) in [6.45, 7) is 2.06. The summed E-state index contributed by atoms with van der Waals surface area (Å²) in [7, 11) is 3.01. The molecule has 6 heteroatoms. The lowest BCUT2D eigenvalue weighted by atomic mass is 10.2. The van der Waals surface area contributed by atoms with Gasteiger partial charge in [0.2, 0.25) is 5.91 Å². The van der Waals surface area contributed by atoms with Crippen LogP contribution in [0.15, 0.2) is 18.2 Å². The van der Waals surface area contributed by atoms with Gasteiger partial charge in [-0.2, -0.15) is 0 Å². The molecule has 0 atom stereocenters. The topological polar surface area (TPSA) is 59.6 Å². The molecule has 1 rings (SSSR count). The van der Waals surface area contributed by atoms with Crippen molar-refractivity contribution in [3.63, 3.8) is 0 Å². The zero-order valence-electron chi connectivity index (χ0n) is 11.9. The van der Waals surface area contributed by atoms with Crippen LogP contribution < -0.4 is 15.4 Å². The van der Waals surface area contributed by atoms with E-state index in [1.54, 1.807) is 19.2 Å². The van der Waals surface area contributed by atoms with Crippen molar-refractivity contribution in [3.8, 4) is 5.75 Å². The molecule has 0 aliphatic rings. The molecule has 0 radical (unpaired) electrons. The highest BCUT2D eigenvalue weighted by molar-refractivity contribution is 5.76. The van der Waals surface area contributed by atoms with Gasteiger partial charge in [0.25, 0.3) is 0 Å². The smallest absolute Gasteiger partial charge is 0.221 e. The molecule has 0 unspecified atom stereocenters. The number of amides is 1. The minimum Gasteiger partial charge on any atom is -0.494 e. The molecule has 1 aromatic rings. The lowest BCUT2D eigenvalue weighted by Gasteiger charge is -2.07. The van der Waals surface area contributed by atoms with Gasteiger partial charge in [-0.1, -0.05) is 6.07 Å². The van der Waals surface area contributed by atoms with Gasteiger partial charge >= 0.3 is 0 Å². The SMILES string of the molecule is COCCNC(=O)CCNCc1ccc(OC)c(F)c1. The number of nitrogens with one attached hydrogen (secondary N) is 2. The molecule has 0 saturated heterocycles. The maximum absolute atomic E-state index is 13.4. The lowest BCUT2D eigenvalue weighted by Crippen LogP contribution is -2.29. The van der Waals surface area contributed by atoms with E-state index in [2.05, 4.69) is 10.6 Å². The molecule has 1 amide bonds. The minimum absolute atomic E-state index is 0.0320. The molecule has 5 nitrogen and oxygen atoms in total. The van der Waals surface area contributed by atoms with Crippen LogP contribution in [0.2, 0.25) is 0 Å². The first kappa shape index (κ1) is 16.4. The van der Waals surface area contributed by atoms with Gasteiger partial charge in [-0.15, -0.1) is 0 Å². The Labute approximate surface area is 118 Å². The van der Waals surface area contributed by atoms with Crippen LogP contribution in [0.25, 0.3) is 0 Å².